The van der Waals surface area contributed by atoms with Crippen molar-refractivity contribution < 1.29 is 9.90 Å². The molecule has 1 amide bonds. The number of halogens is 4. The van der Waals surface area contributed by atoms with Gasteiger partial charge in [0.25, 0.3) is 5.91 Å². The Hall–Kier alpha value is -1.68. The Morgan fingerprint density at radius 2 is 1.82 bits per heavy atom. The molecule has 0 saturated carbocycles. The van der Waals surface area contributed by atoms with Gasteiger partial charge in [-0.15, -0.1) is 0 Å². The largest absolute Gasteiger partial charge is 0.506 e. The number of amides is 1. The van der Waals surface area contributed by atoms with E-state index in [0.717, 1.165) is 5.56 Å². The van der Waals surface area contributed by atoms with Gasteiger partial charge < -0.3 is 5.11 Å². The van der Waals surface area contributed by atoms with Crippen molar-refractivity contribution in [3.05, 3.63) is 77.9 Å². The van der Waals surface area contributed by atoms with Gasteiger partial charge in [0.2, 0.25) is 0 Å². The van der Waals surface area contributed by atoms with Crippen LogP contribution in [0, 0.1) is 0 Å². The molecule has 2 N–H and O–H groups in total. The normalized spacial score (nSPS) is 11.1. The smallest absolute Gasteiger partial charge is 0.293 e. The zero-order valence-corrected chi connectivity index (χ0v) is 19.5. The van der Waals surface area contributed by atoms with E-state index in [-0.39, 0.29) is 11.4 Å². The molecule has 3 rings (SSSR count). The summed E-state index contributed by atoms with van der Waals surface area (Å²) >= 11 is 15.7. The highest BCUT2D eigenvalue weighted by Crippen LogP contribution is 2.32. The predicted octanol–water partition coefficient (Wildman–Crippen LogP) is 5.34. The van der Waals surface area contributed by atoms with Gasteiger partial charge in [0, 0.05) is 11.2 Å². The Balaban J connectivity index is 1.67. The van der Waals surface area contributed by atoms with E-state index in [1.54, 1.807) is 35.1 Å². The van der Waals surface area contributed by atoms with Gasteiger partial charge in [-0.05, 0) is 83.2 Å². The predicted molar refractivity (Wildman–Crippen MR) is 119 cm³/mol. The molecule has 10 heteroatoms. The van der Waals surface area contributed by atoms with Crippen LogP contribution in [0.15, 0.2) is 61.1 Å². The van der Waals surface area contributed by atoms with Crippen LogP contribution in [0.3, 0.4) is 0 Å². The second kappa shape index (κ2) is 9.21. The van der Waals surface area contributed by atoms with Crippen LogP contribution in [0.4, 0.5) is 0 Å². The number of nitrogens with one attached hydrogen (secondary N) is 1. The summed E-state index contributed by atoms with van der Waals surface area (Å²) in [4.78, 5) is 12.3. The molecule has 3 aromatic rings. The quantitative estimate of drug-likeness (QED) is 0.311. The van der Waals surface area contributed by atoms with E-state index in [1.165, 1.54) is 6.21 Å². The number of hydrogen-bond donors (Lipinski definition) is 2. The molecule has 0 aliphatic heterocycles. The average Bonchev–Trinajstić information content (AvgIpc) is 3.01. The fourth-order valence-corrected chi connectivity index (χ4v) is 4.13. The first-order chi connectivity index (χ1) is 13.3. The molecule has 0 unspecified atom stereocenters. The third kappa shape index (κ3) is 5.22. The number of hydrazone groups is 1. The summed E-state index contributed by atoms with van der Waals surface area (Å²) in [6, 6.07) is 10.8. The van der Waals surface area contributed by atoms with Crippen LogP contribution in [-0.4, -0.2) is 27.0 Å². The summed E-state index contributed by atoms with van der Waals surface area (Å²) in [6.45, 7) is 0.502. The molecule has 0 saturated heterocycles. The molecule has 0 aliphatic rings. The van der Waals surface area contributed by atoms with E-state index in [2.05, 4.69) is 63.4 Å². The van der Waals surface area contributed by atoms with Gasteiger partial charge in [-0.25, -0.2) is 5.43 Å². The Morgan fingerprint density at radius 3 is 2.46 bits per heavy atom. The molecule has 0 radical (unpaired) electrons. The van der Waals surface area contributed by atoms with Crippen molar-refractivity contribution in [2.45, 2.75) is 6.54 Å². The topological polar surface area (TPSA) is 79.5 Å². The van der Waals surface area contributed by atoms with Crippen LogP contribution in [0.1, 0.15) is 21.6 Å². The summed E-state index contributed by atoms with van der Waals surface area (Å²) in [7, 11) is 0. The van der Waals surface area contributed by atoms with Crippen molar-refractivity contribution in [1.29, 1.82) is 0 Å². The van der Waals surface area contributed by atoms with Crippen LogP contribution in [0.25, 0.3) is 0 Å². The van der Waals surface area contributed by atoms with Crippen LogP contribution in [-0.2, 0) is 6.54 Å². The summed E-state index contributed by atoms with van der Waals surface area (Å²) in [5, 5.41) is 18.6. The lowest BCUT2D eigenvalue weighted by Gasteiger charge is -2.02. The first kappa shape index (κ1) is 21.0. The van der Waals surface area contributed by atoms with Crippen LogP contribution in [0.2, 0.25) is 5.02 Å². The Kier molecular flexibility index (Phi) is 6.92. The summed E-state index contributed by atoms with van der Waals surface area (Å²) in [6.07, 6.45) is 3.19. The molecule has 28 heavy (non-hydrogen) atoms. The van der Waals surface area contributed by atoms with Crippen LogP contribution >= 0.6 is 59.4 Å². The number of aromatic hydroxyl groups is 1. The molecule has 0 spiro atoms. The highest BCUT2D eigenvalue weighted by atomic mass is 79.9. The summed E-state index contributed by atoms with van der Waals surface area (Å²) in [5.41, 5.74) is 4.35. The second-order valence-electron chi connectivity index (χ2n) is 5.68. The minimum atomic E-state index is -0.449. The molecule has 1 heterocycles. The SMILES string of the molecule is O=C(N/N=C/c1cc(Br)c(O)c(Br)c1)c1nn(Cc2ccc(Cl)cc2)cc1Br. The summed E-state index contributed by atoms with van der Waals surface area (Å²) in [5.74, 6) is -0.355. The van der Waals surface area contributed by atoms with E-state index >= 15 is 0 Å². The number of hydrogen-bond acceptors (Lipinski definition) is 4. The Bertz CT molecular complexity index is 1030. The number of carbonyl (C=O) groups excluding carboxylic acids is 1. The van der Waals surface area contributed by atoms with Gasteiger partial charge in [0.15, 0.2) is 5.69 Å². The monoisotopic (exact) mass is 588 g/mol. The van der Waals surface area contributed by atoms with E-state index in [0.29, 0.717) is 30.5 Å². The molecular weight excluding hydrogens is 579 g/mol. The van der Waals surface area contributed by atoms with Gasteiger partial charge in [-0.2, -0.15) is 10.2 Å². The minimum absolute atomic E-state index is 0.0938. The van der Waals surface area contributed by atoms with Crippen molar-refractivity contribution in [2.24, 2.45) is 5.10 Å². The Labute approximate surface area is 191 Å². The molecule has 2 aromatic carbocycles. The Morgan fingerprint density at radius 1 is 1.18 bits per heavy atom. The molecular formula is C18H12Br3ClN4O2. The maximum atomic E-state index is 12.3. The second-order valence-corrected chi connectivity index (χ2v) is 8.68. The molecule has 6 nitrogen and oxygen atoms in total. The van der Waals surface area contributed by atoms with E-state index in [9.17, 15) is 9.90 Å². The molecule has 0 atom stereocenters. The number of carbonyl (C=O) groups is 1. The van der Waals surface area contributed by atoms with Crippen LogP contribution < -0.4 is 5.43 Å². The number of benzene rings is 2. The van der Waals surface area contributed by atoms with E-state index < -0.39 is 5.91 Å². The first-order valence-electron chi connectivity index (χ1n) is 7.82. The molecule has 144 valence electrons. The minimum Gasteiger partial charge on any atom is -0.506 e. The van der Waals surface area contributed by atoms with Crippen molar-refractivity contribution in [3.63, 3.8) is 0 Å². The maximum absolute atomic E-state index is 12.3. The molecule has 0 bridgehead atoms. The molecule has 0 aliphatic carbocycles. The average molecular weight is 591 g/mol. The highest BCUT2D eigenvalue weighted by molar-refractivity contribution is 9.11. The van der Waals surface area contributed by atoms with Gasteiger partial charge >= 0.3 is 0 Å². The fraction of sp³-hybridized carbons (Fsp3) is 0.0556. The van der Waals surface area contributed by atoms with Crippen molar-refractivity contribution in [2.75, 3.05) is 0 Å². The number of phenols is 1. The first-order valence-corrected chi connectivity index (χ1v) is 10.6. The third-order valence-electron chi connectivity index (χ3n) is 3.61. The van der Waals surface area contributed by atoms with Gasteiger partial charge in [0.05, 0.1) is 26.2 Å². The van der Waals surface area contributed by atoms with Crippen molar-refractivity contribution in [3.8, 4) is 5.75 Å². The third-order valence-corrected chi connectivity index (χ3v) is 5.65. The highest BCUT2D eigenvalue weighted by Gasteiger charge is 2.15. The molecule has 1 aromatic heterocycles. The lowest BCUT2D eigenvalue weighted by molar-refractivity contribution is 0.0948. The van der Waals surface area contributed by atoms with Crippen LogP contribution in [0.5, 0.6) is 5.75 Å². The van der Waals surface area contributed by atoms with Gasteiger partial charge in [0.1, 0.15) is 5.75 Å². The maximum Gasteiger partial charge on any atom is 0.293 e. The zero-order valence-electron chi connectivity index (χ0n) is 14.0. The van der Waals surface area contributed by atoms with E-state index in [1.807, 2.05) is 12.1 Å². The van der Waals surface area contributed by atoms with Gasteiger partial charge in [-0.1, -0.05) is 23.7 Å². The lowest BCUT2D eigenvalue weighted by atomic mass is 10.2. The zero-order chi connectivity index (χ0) is 20.3. The number of rotatable bonds is 5. The van der Waals surface area contributed by atoms with Gasteiger partial charge in [-0.3, -0.25) is 9.48 Å². The number of phenolic OH excluding ortho intramolecular Hbond substituents is 1. The fourth-order valence-electron chi connectivity index (χ4n) is 2.29. The summed E-state index contributed by atoms with van der Waals surface area (Å²) < 4.78 is 3.24. The lowest BCUT2D eigenvalue weighted by Crippen LogP contribution is -2.19. The number of aromatic nitrogens is 2. The van der Waals surface area contributed by atoms with Crippen molar-refractivity contribution in [1.82, 2.24) is 15.2 Å². The van der Waals surface area contributed by atoms with E-state index in [4.69, 9.17) is 11.6 Å². The number of nitrogens with zero attached hydrogens (tertiary/aromatic N) is 3. The van der Waals surface area contributed by atoms with Crippen molar-refractivity contribution >= 4 is 71.5 Å². The standard InChI is InChI=1S/C18H12Br3ClN4O2/c19-13-5-11(6-14(20)17(13)27)7-23-24-18(28)16-15(21)9-26(25-16)8-10-1-3-12(22)4-2-10/h1-7,9,27H,8H2,(H,24,28)/b23-7+. The molecule has 0 fully saturated rings.